The fourth-order valence-corrected chi connectivity index (χ4v) is 3.53. The number of carbonyl (C=O) groups excluding carboxylic acids is 1. The van der Waals surface area contributed by atoms with Crippen LogP contribution in [0, 0.1) is 5.92 Å². The number of ketones is 1. The Hall–Kier alpha value is -2.39. The number of carbonyl (C=O) groups is 1. The third-order valence-corrected chi connectivity index (χ3v) is 5.11. The molecule has 2 aromatic carbocycles. The number of nitrogens with one attached hydrogen (secondary N) is 1. The van der Waals surface area contributed by atoms with Crippen LogP contribution < -0.4 is 11.1 Å². The predicted octanol–water partition coefficient (Wildman–Crippen LogP) is 5.11. The molecule has 0 saturated carbocycles. The third-order valence-electron chi connectivity index (χ3n) is 5.11. The van der Waals surface area contributed by atoms with Crippen molar-refractivity contribution in [1.82, 2.24) is 5.32 Å². The van der Waals surface area contributed by atoms with E-state index in [0.717, 1.165) is 23.2 Å². The Labute approximate surface area is 170 Å². The average molecular weight is 379 g/mol. The first-order valence-electron chi connectivity index (χ1n) is 10.1. The second-order valence-electron chi connectivity index (χ2n) is 8.31. The maximum atomic E-state index is 12.8. The second kappa shape index (κ2) is 9.70. The monoisotopic (exact) mass is 378 g/mol. The first kappa shape index (κ1) is 21.9. The summed E-state index contributed by atoms with van der Waals surface area (Å²) in [6, 6.07) is 18.2. The molecule has 0 heterocycles. The van der Waals surface area contributed by atoms with E-state index < -0.39 is 5.54 Å². The van der Waals surface area contributed by atoms with Crippen molar-refractivity contribution in [3.63, 3.8) is 0 Å². The number of benzene rings is 2. The molecule has 3 nitrogen and oxygen atoms in total. The summed E-state index contributed by atoms with van der Waals surface area (Å²) in [5, 5.41) is 3.30. The number of hydrogen-bond donors (Lipinski definition) is 2. The Balaban J connectivity index is 2.01. The SMILES string of the molecule is C=C(NC(CC)C(=O)Cc1ccc(-c2ccccc2)cc1)C(C)(N)CC(C)C. The van der Waals surface area contributed by atoms with Gasteiger partial charge < -0.3 is 11.1 Å². The van der Waals surface area contributed by atoms with Crippen LogP contribution in [0.15, 0.2) is 66.9 Å². The molecule has 0 radical (unpaired) electrons. The standard InChI is InChI=1S/C25H34N2O/c1-6-23(27-19(4)25(5,26)17-18(2)3)24(28)16-20-12-14-22(15-13-20)21-10-8-7-9-11-21/h7-15,18,23,27H,4,6,16-17,26H2,1-3,5H3. The zero-order valence-electron chi connectivity index (χ0n) is 17.7. The maximum Gasteiger partial charge on any atom is 0.159 e. The molecule has 0 saturated heterocycles. The van der Waals surface area contributed by atoms with Crippen LogP contribution in [0.25, 0.3) is 11.1 Å². The average Bonchev–Trinajstić information content (AvgIpc) is 2.66. The van der Waals surface area contributed by atoms with E-state index in [-0.39, 0.29) is 11.8 Å². The molecule has 28 heavy (non-hydrogen) atoms. The van der Waals surface area contributed by atoms with E-state index in [0.29, 0.717) is 18.8 Å². The normalized spacial score (nSPS) is 14.4. The Morgan fingerprint density at radius 3 is 2.18 bits per heavy atom. The molecule has 0 fully saturated rings. The lowest BCUT2D eigenvalue weighted by Crippen LogP contribution is -2.49. The summed E-state index contributed by atoms with van der Waals surface area (Å²) in [6.45, 7) is 12.4. The van der Waals surface area contributed by atoms with E-state index in [2.05, 4.69) is 50.0 Å². The Bertz CT molecular complexity index is 776. The number of nitrogens with two attached hydrogens (primary N) is 1. The van der Waals surface area contributed by atoms with Crippen LogP contribution in [-0.2, 0) is 11.2 Å². The van der Waals surface area contributed by atoms with E-state index in [4.69, 9.17) is 5.73 Å². The van der Waals surface area contributed by atoms with Crippen LogP contribution in [0.4, 0.5) is 0 Å². The maximum absolute atomic E-state index is 12.8. The van der Waals surface area contributed by atoms with Gasteiger partial charge in [0.2, 0.25) is 0 Å². The summed E-state index contributed by atoms with van der Waals surface area (Å²) < 4.78 is 0. The smallest absolute Gasteiger partial charge is 0.159 e. The van der Waals surface area contributed by atoms with Gasteiger partial charge >= 0.3 is 0 Å². The lowest BCUT2D eigenvalue weighted by atomic mass is 9.88. The fourth-order valence-electron chi connectivity index (χ4n) is 3.53. The van der Waals surface area contributed by atoms with Gasteiger partial charge in [-0.15, -0.1) is 0 Å². The van der Waals surface area contributed by atoms with Gasteiger partial charge in [-0.05, 0) is 42.4 Å². The van der Waals surface area contributed by atoms with E-state index in [1.165, 1.54) is 5.56 Å². The van der Waals surface area contributed by atoms with Crippen LogP contribution in [-0.4, -0.2) is 17.4 Å². The van der Waals surface area contributed by atoms with Gasteiger partial charge in [-0.25, -0.2) is 0 Å². The van der Waals surface area contributed by atoms with Gasteiger partial charge in [-0.3, -0.25) is 4.79 Å². The van der Waals surface area contributed by atoms with Gasteiger partial charge in [0.1, 0.15) is 0 Å². The van der Waals surface area contributed by atoms with Crippen molar-refractivity contribution in [2.24, 2.45) is 11.7 Å². The Morgan fingerprint density at radius 2 is 1.64 bits per heavy atom. The molecule has 0 bridgehead atoms. The van der Waals surface area contributed by atoms with Crippen molar-refractivity contribution in [3.8, 4) is 11.1 Å². The first-order valence-corrected chi connectivity index (χ1v) is 10.1. The fraction of sp³-hybridized carbons (Fsp3) is 0.400. The zero-order chi connectivity index (χ0) is 20.7. The molecule has 2 atom stereocenters. The van der Waals surface area contributed by atoms with Gasteiger partial charge in [-0.2, -0.15) is 0 Å². The van der Waals surface area contributed by atoms with Crippen LogP contribution in [0.5, 0.6) is 0 Å². The number of Topliss-reactive ketones (excluding diaryl/α,β-unsaturated/α-hetero) is 1. The van der Waals surface area contributed by atoms with Crippen molar-refractivity contribution in [3.05, 3.63) is 72.4 Å². The number of hydrogen-bond acceptors (Lipinski definition) is 3. The van der Waals surface area contributed by atoms with Crippen molar-refractivity contribution in [2.75, 3.05) is 0 Å². The second-order valence-corrected chi connectivity index (χ2v) is 8.31. The van der Waals surface area contributed by atoms with E-state index in [1.807, 2.05) is 44.2 Å². The minimum Gasteiger partial charge on any atom is -0.378 e. The molecule has 3 heteroatoms. The molecule has 0 amide bonds. The molecule has 150 valence electrons. The lowest BCUT2D eigenvalue weighted by Gasteiger charge is -2.32. The first-order chi connectivity index (χ1) is 13.2. The third kappa shape index (κ3) is 6.07. The molecule has 0 aliphatic heterocycles. The van der Waals surface area contributed by atoms with Crippen molar-refractivity contribution < 1.29 is 4.79 Å². The van der Waals surface area contributed by atoms with Crippen molar-refractivity contribution >= 4 is 5.78 Å². The predicted molar refractivity (Wildman–Crippen MR) is 119 cm³/mol. The van der Waals surface area contributed by atoms with Gasteiger partial charge in [0.05, 0.1) is 11.6 Å². The highest BCUT2D eigenvalue weighted by Crippen LogP contribution is 2.21. The molecular formula is C25H34N2O. The summed E-state index contributed by atoms with van der Waals surface area (Å²) in [7, 11) is 0. The largest absolute Gasteiger partial charge is 0.378 e. The van der Waals surface area contributed by atoms with E-state index in [1.54, 1.807) is 0 Å². The van der Waals surface area contributed by atoms with Gasteiger partial charge in [0, 0.05) is 12.1 Å². The Kier molecular flexibility index (Phi) is 7.59. The number of rotatable bonds is 10. The molecule has 0 aliphatic rings. The minimum absolute atomic E-state index is 0.163. The molecule has 2 rings (SSSR count). The van der Waals surface area contributed by atoms with Crippen LogP contribution in [0.1, 0.15) is 46.1 Å². The van der Waals surface area contributed by atoms with Crippen molar-refractivity contribution in [1.29, 1.82) is 0 Å². The summed E-state index contributed by atoms with van der Waals surface area (Å²) in [5.74, 6) is 0.629. The highest BCUT2D eigenvalue weighted by Gasteiger charge is 2.27. The quantitative estimate of drug-likeness (QED) is 0.604. The topological polar surface area (TPSA) is 55.1 Å². The summed E-state index contributed by atoms with van der Waals surface area (Å²) in [6.07, 6.45) is 1.93. The highest BCUT2D eigenvalue weighted by molar-refractivity contribution is 5.86. The molecular weight excluding hydrogens is 344 g/mol. The van der Waals surface area contributed by atoms with Crippen molar-refractivity contribution in [2.45, 2.75) is 58.5 Å². The summed E-state index contributed by atoms with van der Waals surface area (Å²) in [4.78, 5) is 12.8. The highest BCUT2D eigenvalue weighted by atomic mass is 16.1. The molecule has 0 aromatic heterocycles. The molecule has 0 aliphatic carbocycles. The summed E-state index contributed by atoms with van der Waals surface area (Å²) >= 11 is 0. The summed E-state index contributed by atoms with van der Waals surface area (Å²) in [5.41, 5.74) is 9.98. The molecule has 3 N–H and O–H groups in total. The zero-order valence-corrected chi connectivity index (χ0v) is 17.7. The molecule has 0 spiro atoms. The van der Waals surface area contributed by atoms with Crippen LogP contribution >= 0.6 is 0 Å². The van der Waals surface area contributed by atoms with Gasteiger partial charge in [0.15, 0.2) is 5.78 Å². The molecule has 2 unspecified atom stereocenters. The van der Waals surface area contributed by atoms with E-state index in [9.17, 15) is 4.79 Å². The minimum atomic E-state index is -0.529. The van der Waals surface area contributed by atoms with Crippen LogP contribution in [0.3, 0.4) is 0 Å². The van der Waals surface area contributed by atoms with Gasteiger partial charge in [0.25, 0.3) is 0 Å². The Morgan fingerprint density at radius 1 is 1.07 bits per heavy atom. The van der Waals surface area contributed by atoms with Gasteiger partial charge in [-0.1, -0.05) is 81.9 Å². The lowest BCUT2D eigenvalue weighted by molar-refractivity contribution is -0.120. The molecule has 2 aromatic rings. The van der Waals surface area contributed by atoms with E-state index >= 15 is 0 Å². The van der Waals surface area contributed by atoms with Crippen LogP contribution in [0.2, 0.25) is 0 Å².